The average Bonchev–Trinajstić information content (AvgIpc) is 4.03. The van der Waals surface area contributed by atoms with Crippen molar-refractivity contribution in [2.75, 3.05) is 0 Å². The molecule has 0 unspecified atom stereocenters. The van der Waals surface area contributed by atoms with Crippen LogP contribution in [0.15, 0.2) is 160 Å². The molecule has 0 bridgehead atoms. The lowest BCUT2D eigenvalue weighted by Gasteiger charge is -2.20. The molecule has 282 valence electrons. The lowest BCUT2D eigenvalue weighted by atomic mass is 9.96. The molecule has 0 saturated heterocycles. The monoisotopic (exact) mass is 782 g/mol. The number of nitriles is 1. The highest BCUT2D eigenvalue weighted by Crippen LogP contribution is 2.47. The molecule has 6 nitrogen and oxygen atoms in total. The Labute approximate surface area is 337 Å². The number of hydrogen-bond donors (Lipinski definition) is 0. The summed E-state index contributed by atoms with van der Waals surface area (Å²) in [6.07, 6.45) is -4.74. The smallest absolute Gasteiger partial charge is 0.415 e. The molecule has 0 fully saturated rings. The number of nitrogens with zero attached hydrogens (tertiary/aromatic N) is 4. The Balaban J connectivity index is 1.29. The van der Waals surface area contributed by atoms with Crippen molar-refractivity contribution in [2.45, 2.75) is 6.18 Å². The van der Waals surface area contributed by atoms with Gasteiger partial charge in [0.2, 0.25) is 0 Å². The number of benzene rings is 8. The first-order valence-corrected chi connectivity index (χ1v) is 19.2. The molecule has 0 spiro atoms. The van der Waals surface area contributed by atoms with Gasteiger partial charge in [0.25, 0.3) is 0 Å². The van der Waals surface area contributed by atoms with E-state index in [1.807, 2.05) is 130 Å². The van der Waals surface area contributed by atoms with Crippen LogP contribution >= 0.6 is 0 Å². The van der Waals surface area contributed by atoms with Crippen LogP contribution in [0.2, 0.25) is 0 Å². The molecular formula is C51H25F3N4O2. The first-order chi connectivity index (χ1) is 29.3. The summed E-state index contributed by atoms with van der Waals surface area (Å²) in [7, 11) is 0. The van der Waals surface area contributed by atoms with Gasteiger partial charge in [-0.1, -0.05) is 72.8 Å². The van der Waals surface area contributed by atoms with E-state index in [1.165, 1.54) is 6.07 Å². The van der Waals surface area contributed by atoms with Gasteiger partial charge in [-0.05, 0) is 84.4 Å². The third-order valence-corrected chi connectivity index (χ3v) is 11.8. The highest BCUT2D eigenvalue weighted by molar-refractivity contribution is 6.26. The second-order valence-corrected chi connectivity index (χ2v) is 14.9. The summed E-state index contributed by atoms with van der Waals surface area (Å²) in [5.74, 6) is 0. The Morgan fingerprint density at radius 2 is 1.05 bits per heavy atom. The number of halogens is 3. The van der Waals surface area contributed by atoms with Crippen molar-refractivity contribution in [3.05, 3.63) is 174 Å². The van der Waals surface area contributed by atoms with Gasteiger partial charge in [0.05, 0.1) is 56.3 Å². The zero-order valence-electron chi connectivity index (χ0n) is 31.2. The van der Waals surface area contributed by atoms with Crippen molar-refractivity contribution in [3.8, 4) is 28.6 Å². The molecule has 0 amide bonds. The van der Waals surface area contributed by atoms with Gasteiger partial charge < -0.3 is 18.0 Å². The van der Waals surface area contributed by atoms with Gasteiger partial charge in [0.1, 0.15) is 28.4 Å². The fourth-order valence-corrected chi connectivity index (χ4v) is 9.29. The van der Waals surface area contributed by atoms with Crippen molar-refractivity contribution in [2.24, 2.45) is 0 Å². The van der Waals surface area contributed by atoms with Crippen molar-refractivity contribution in [1.82, 2.24) is 9.13 Å². The first kappa shape index (κ1) is 33.8. The van der Waals surface area contributed by atoms with E-state index in [4.69, 9.17) is 15.4 Å². The van der Waals surface area contributed by atoms with E-state index >= 15 is 0 Å². The molecule has 9 heteroatoms. The molecule has 4 heterocycles. The molecule has 0 radical (unpaired) electrons. The van der Waals surface area contributed by atoms with E-state index in [0.717, 1.165) is 77.3 Å². The molecular weight excluding hydrogens is 758 g/mol. The van der Waals surface area contributed by atoms with Crippen molar-refractivity contribution < 1.29 is 22.0 Å². The second-order valence-electron chi connectivity index (χ2n) is 14.9. The maximum absolute atomic E-state index is 14.7. The minimum atomic E-state index is -4.74. The van der Waals surface area contributed by atoms with Crippen LogP contribution in [0.3, 0.4) is 0 Å². The number of furan rings is 2. The normalized spacial score (nSPS) is 12.2. The second kappa shape index (κ2) is 12.1. The molecule has 8 aromatic carbocycles. The summed E-state index contributed by atoms with van der Waals surface area (Å²) < 4.78 is 60.9. The maximum Gasteiger partial charge on any atom is 0.415 e. The van der Waals surface area contributed by atoms with Crippen molar-refractivity contribution >= 4 is 93.2 Å². The highest BCUT2D eigenvalue weighted by atomic mass is 19.4. The number of hydrogen-bond acceptors (Lipinski definition) is 3. The number of fused-ring (bicyclic) bond motifs is 14. The van der Waals surface area contributed by atoms with Crippen LogP contribution in [0.25, 0.3) is 115 Å². The maximum atomic E-state index is 14.7. The Morgan fingerprint density at radius 3 is 1.58 bits per heavy atom. The predicted molar refractivity (Wildman–Crippen MR) is 231 cm³/mol. The van der Waals surface area contributed by atoms with Crippen LogP contribution in [-0.4, -0.2) is 9.13 Å². The van der Waals surface area contributed by atoms with Crippen LogP contribution in [0.1, 0.15) is 11.1 Å². The predicted octanol–water partition coefficient (Wildman–Crippen LogP) is 14.8. The fraction of sp³-hybridized carbons (Fsp3) is 0.0196. The largest absolute Gasteiger partial charge is 0.456 e. The summed E-state index contributed by atoms with van der Waals surface area (Å²) in [5, 5.41) is 18.3. The summed E-state index contributed by atoms with van der Waals surface area (Å²) in [6.45, 7) is 7.88. The molecule has 4 aromatic heterocycles. The van der Waals surface area contributed by atoms with Crippen LogP contribution in [0.4, 0.5) is 18.9 Å². The number of para-hydroxylation sites is 4. The van der Waals surface area contributed by atoms with E-state index < -0.39 is 11.7 Å². The number of alkyl halides is 3. The molecule has 0 aliphatic heterocycles. The van der Waals surface area contributed by atoms with Gasteiger partial charge in [0.15, 0.2) is 5.69 Å². The summed E-state index contributed by atoms with van der Waals surface area (Å²) in [6, 6.07) is 48.7. The summed E-state index contributed by atoms with van der Waals surface area (Å²) in [5.41, 5.74) is 6.51. The Bertz CT molecular complexity index is 3920. The lowest BCUT2D eigenvalue weighted by molar-refractivity contribution is -0.137. The van der Waals surface area contributed by atoms with Gasteiger partial charge in [-0.25, -0.2) is 4.85 Å². The molecule has 60 heavy (non-hydrogen) atoms. The zero-order chi connectivity index (χ0) is 40.4. The van der Waals surface area contributed by atoms with Gasteiger partial charge in [-0.15, -0.1) is 0 Å². The van der Waals surface area contributed by atoms with E-state index in [2.05, 4.69) is 10.9 Å². The number of aromatic nitrogens is 2. The van der Waals surface area contributed by atoms with E-state index in [-0.39, 0.29) is 16.8 Å². The third-order valence-electron chi connectivity index (χ3n) is 11.8. The standard InChI is InChI=1S/C51H25F3N4O2/c1-56-31-23-28(22-30(25-31)51(52,53)54)38-26-41(57-39-14-6-2-10-32(39)34-18-20-45-47(49(34)57)36-12-4-8-16-43(36)59-45)29(27-55)24-42(38)58-40-15-7-3-11-33(40)35-19-21-46-48(50(35)58)37-13-5-9-17-44(37)60-46/h2-26H. The van der Waals surface area contributed by atoms with E-state index in [9.17, 15) is 18.4 Å². The first-order valence-electron chi connectivity index (χ1n) is 19.2. The molecule has 0 N–H and O–H groups in total. The Hall–Kier alpha value is -8.27. The van der Waals surface area contributed by atoms with Crippen LogP contribution < -0.4 is 0 Å². The van der Waals surface area contributed by atoms with Crippen molar-refractivity contribution in [3.63, 3.8) is 0 Å². The van der Waals surface area contributed by atoms with Crippen molar-refractivity contribution in [1.29, 1.82) is 5.26 Å². The molecule has 0 saturated carbocycles. The fourth-order valence-electron chi connectivity index (χ4n) is 9.29. The minimum Gasteiger partial charge on any atom is -0.456 e. The minimum absolute atomic E-state index is 0.162. The van der Waals surface area contributed by atoms with Crippen LogP contribution in [-0.2, 0) is 6.18 Å². The molecule has 12 aromatic rings. The van der Waals surface area contributed by atoms with Crippen LogP contribution in [0, 0.1) is 17.9 Å². The van der Waals surface area contributed by atoms with Gasteiger partial charge in [0, 0.05) is 43.4 Å². The highest BCUT2D eigenvalue weighted by Gasteiger charge is 2.32. The zero-order valence-corrected chi connectivity index (χ0v) is 31.2. The average molecular weight is 783 g/mol. The topological polar surface area (TPSA) is 64.3 Å². The summed E-state index contributed by atoms with van der Waals surface area (Å²) >= 11 is 0. The van der Waals surface area contributed by atoms with Gasteiger partial charge in [-0.3, -0.25) is 0 Å². The van der Waals surface area contributed by atoms with Crippen LogP contribution in [0.5, 0.6) is 0 Å². The van der Waals surface area contributed by atoms with Gasteiger partial charge >= 0.3 is 6.18 Å². The third kappa shape index (κ3) is 4.63. The SMILES string of the molecule is [C-]#[N+]c1cc(-c2cc(-n3c4ccccc4c4ccc5oc6ccccc6c5c43)c(C#N)cc2-n2c3ccccc3c3ccc4oc5ccccc5c4c32)cc(C(F)(F)F)c1. The molecule has 12 rings (SSSR count). The molecule has 0 aliphatic rings. The quantitative estimate of drug-likeness (QED) is 0.168. The van der Waals surface area contributed by atoms with Gasteiger partial charge in [-0.2, -0.15) is 18.4 Å². The molecule has 0 atom stereocenters. The molecule has 0 aliphatic carbocycles. The van der Waals surface area contributed by atoms with E-state index in [0.29, 0.717) is 39.3 Å². The Kier molecular flexibility index (Phi) is 6.84. The lowest BCUT2D eigenvalue weighted by Crippen LogP contribution is -2.06. The Morgan fingerprint density at radius 1 is 0.533 bits per heavy atom. The summed E-state index contributed by atoms with van der Waals surface area (Å²) in [4.78, 5) is 3.50. The number of rotatable bonds is 3. The van der Waals surface area contributed by atoms with E-state index in [1.54, 1.807) is 12.1 Å².